The van der Waals surface area contributed by atoms with Crippen LogP contribution in [0.15, 0.2) is 42.5 Å². The van der Waals surface area contributed by atoms with Crippen LogP contribution in [0.25, 0.3) is 28.0 Å². The molecule has 2 aromatic heterocycles. The molecule has 0 aliphatic carbocycles. The number of nitrogens with two attached hydrogens (primary N) is 1. The topological polar surface area (TPSA) is 90.9 Å². The minimum atomic E-state index is -0.519. The molecular weight excluding hydrogens is 430 g/mol. The maximum Gasteiger partial charge on any atom is 0.225 e. The Kier molecular flexibility index (Phi) is 5.72. The van der Waals surface area contributed by atoms with E-state index in [0.29, 0.717) is 57.9 Å². The van der Waals surface area contributed by atoms with Gasteiger partial charge in [-0.1, -0.05) is 23.2 Å². The second kappa shape index (κ2) is 8.43. The van der Waals surface area contributed by atoms with E-state index >= 15 is 0 Å². The van der Waals surface area contributed by atoms with Crippen molar-refractivity contribution in [2.75, 3.05) is 31.3 Å². The summed E-state index contributed by atoms with van der Waals surface area (Å²) in [5.41, 5.74) is 8.60. The lowest BCUT2D eigenvalue weighted by Crippen LogP contribution is -2.10. The highest BCUT2D eigenvalue weighted by atomic mass is 35.5. The first-order chi connectivity index (χ1) is 14.5. The third-order valence-corrected chi connectivity index (χ3v) is 4.96. The standard InChI is InChI=1S/C20H17Cl2FN6O/c1-30-9-8-25-20-26-17(11-2-7-15(23)14(22)10-11)16-18(24)29(28-19(16)27-20)13-5-3-12(21)4-6-13/h2-7,10H,8-9,24H2,1H3,(H,25,27,28). The molecule has 0 unspecified atom stereocenters. The van der Waals surface area contributed by atoms with Gasteiger partial charge >= 0.3 is 0 Å². The lowest BCUT2D eigenvalue weighted by atomic mass is 10.1. The SMILES string of the molecule is COCCNc1nc(-c2ccc(F)c(Cl)c2)c2c(N)n(-c3ccc(Cl)cc3)nc2n1. The number of halogens is 3. The normalized spacial score (nSPS) is 11.2. The molecule has 4 aromatic rings. The average Bonchev–Trinajstić information content (AvgIpc) is 3.07. The summed E-state index contributed by atoms with van der Waals surface area (Å²) in [4.78, 5) is 9.06. The van der Waals surface area contributed by atoms with E-state index in [-0.39, 0.29) is 5.02 Å². The molecule has 0 aliphatic heterocycles. The monoisotopic (exact) mass is 446 g/mol. The summed E-state index contributed by atoms with van der Waals surface area (Å²) < 4.78 is 20.3. The molecule has 0 saturated heterocycles. The zero-order chi connectivity index (χ0) is 21.3. The number of rotatable bonds is 6. The zero-order valence-corrected chi connectivity index (χ0v) is 17.4. The lowest BCUT2D eigenvalue weighted by molar-refractivity contribution is 0.210. The molecule has 10 heteroatoms. The van der Waals surface area contributed by atoms with Crippen LogP contribution in [0.1, 0.15) is 0 Å². The fourth-order valence-corrected chi connectivity index (χ4v) is 3.29. The van der Waals surface area contributed by atoms with E-state index in [9.17, 15) is 4.39 Å². The molecule has 0 radical (unpaired) electrons. The molecule has 0 saturated carbocycles. The highest BCUT2D eigenvalue weighted by Gasteiger charge is 2.20. The van der Waals surface area contributed by atoms with Crippen molar-refractivity contribution < 1.29 is 9.13 Å². The van der Waals surface area contributed by atoms with E-state index in [4.69, 9.17) is 33.7 Å². The number of methoxy groups -OCH3 is 1. The van der Waals surface area contributed by atoms with Gasteiger partial charge in [-0.25, -0.2) is 14.1 Å². The average molecular weight is 447 g/mol. The third-order valence-electron chi connectivity index (χ3n) is 4.42. The molecule has 7 nitrogen and oxygen atoms in total. The fraction of sp³-hybridized carbons (Fsp3) is 0.150. The van der Waals surface area contributed by atoms with Gasteiger partial charge in [-0.15, -0.1) is 5.10 Å². The largest absolute Gasteiger partial charge is 0.383 e. The number of fused-ring (bicyclic) bond motifs is 1. The summed E-state index contributed by atoms with van der Waals surface area (Å²) in [5, 5.41) is 8.75. The first-order valence-corrected chi connectivity index (χ1v) is 9.74. The Balaban J connectivity index is 1.92. The number of anilines is 2. The van der Waals surface area contributed by atoms with Crippen LogP contribution in [0, 0.1) is 5.82 Å². The number of nitrogens with zero attached hydrogens (tertiary/aromatic N) is 4. The van der Waals surface area contributed by atoms with Crippen molar-refractivity contribution >= 4 is 46.0 Å². The van der Waals surface area contributed by atoms with Gasteiger partial charge in [0.15, 0.2) is 5.65 Å². The van der Waals surface area contributed by atoms with Crippen LogP contribution < -0.4 is 11.1 Å². The van der Waals surface area contributed by atoms with Gasteiger partial charge in [0.2, 0.25) is 5.95 Å². The van der Waals surface area contributed by atoms with Crippen LogP contribution in [0.5, 0.6) is 0 Å². The van der Waals surface area contributed by atoms with Gasteiger partial charge in [-0.05, 0) is 42.5 Å². The van der Waals surface area contributed by atoms with Gasteiger partial charge in [-0.3, -0.25) is 0 Å². The van der Waals surface area contributed by atoms with Crippen molar-refractivity contribution in [3.05, 3.63) is 58.3 Å². The number of hydrogen-bond donors (Lipinski definition) is 2. The van der Waals surface area contributed by atoms with Crippen LogP contribution >= 0.6 is 23.2 Å². The predicted octanol–water partition coefficient (Wildman–Crippen LogP) is 4.57. The Hall–Kier alpha value is -2.94. The van der Waals surface area contributed by atoms with Crippen molar-refractivity contribution in [2.24, 2.45) is 0 Å². The molecule has 0 spiro atoms. The van der Waals surface area contributed by atoms with Crippen molar-refractivity contribution in [1.29, 1.82) is 0 Å². The molecule has 0 amide bonds. The molecule has 30 heavy (non-hydrogen) atoms. The maximum absolute atomic E-state index is 13.7. The lowest BCUT2D eigenvalue weighted by Gasteiger charge is -2.09. The van der Waals surface area contributed by atoms with E-state index in [2.05, 4.69) is 20.4 Å². The number of nitrogens with one attached hydrogen (secondary N) is 1. The molecule has 0 bridgehead atoms. The number of benzene rings is 2. The molecule has 154 valence electrons. The van der Waals surface area contributed by atoms with E-state index in [0.717, 1.165) is 0 Å². The minimum Gasteiger partial charge on any atom is -0.383 e. The summed E-state index contributed by atoms with van der Waals surface area (Å²) in [6, 6.07) is 11.4. The summed E-state index contributed by atoms with van der Waals surface area (Å²) >= 11 is 12.0. The number of aromatic nitrogens is 4. The van der Waals surface area contributed by atoms with Crippen molar-refractivity contribution in [1.82, 2.24) is 19.7 Å². The van der Waals surface area contributed by atoms with Crippen molar-refractivity contribution in [2.45, 2.75) is 0 Å². The first-order valence-electron chi connectivity index (χ1n) is 8.98. The van der Waals surface area contributed by atoms with E-state index in [1.54, 1.807) is 42.1 Å². The second-order valence-corrected chi connectivity index (χ2v) is 7.26. The van der Waals surface area contributed by atoms with Gasteiger partial charge in [0.1, 0.15) is 11.6 Å². The summed E-state index contributed by atoms with van der Waals surface area (Å²) in [5.74, 6) is 0.163. The molecule has 4 rings (SSSR count). The maximum atomic E-state index is 13.7. The molecule has 3 N–H and O–H groups in total. The van der Waals surface area contributed by atoms with E-state index in [1.165, 1.54) is 12.1 Å². The van der Waals surface area contributed by atoms with Crippen LogP contribution in [0.4, 0.5) is 16.2 Å². The van der Waals surface area contributed by atoms with Gasteiger partial charge in [-0.2, -0.15) is 4.98 Å². The van der Waals surface area contributed by atoms with Gasteiger partial charge in [0, 0.05) is 24.2 Å². The van der Waals surface area contributed by atoms with Crippen molar-refractivity contribution in [3.8, 4) is 16.9 Å². The predicted molar refractivity (Wildman–Crippen MR) is 117 cm³/mol. The Morgan fingerprint density at radius 2 is 1.90 bits per heavy atom. The number of ether oxygens (including phenoxy) is 1. The minimum absolute atomic E-state index is 0.0168. The smallest absolute Gasteiger partial charge is 0.225 e. The Morgan fingerprint density at radius 1 is 1.13 bits per heavy atom. The fourth-order valence-electron chi connectivity index (χ4n) is 2.99. The van der Waals surface area contributed by atoms with Gasteiger partial charge in [0.25, 0.3) is 0 Å². The molecule has 2 heterocycles. The van der Waals surface area contributed by atoms with Gasteiger partial charge < -0.3 is 15.8 Å². The first kappa shape index (κ1) is 20.3. The second-order valence-electron chi connectivity index (χ2n) is 6.42. The molecular formula is C20H17Cl2FN6O. The Morgan fingerprint density at radius 3 is 2.60 bits per heavy atom. The summed E-state index contributed by atoms with van der Waals surface area (Å²) in [6.07, 6.45) is 0. The van der Waals surface area contributed by atoms with Gasteiger partial charge in [0.05, 0.1) is 28.4 Å². The van der Waals surface area contributed by atoms with E-state index in [1.807, 2.05) is 0 Å². The van der Waals surface area contributed by atoms with Crippen LogP contribution in [-0.2, 0) is 4.74 Å². The zero-order valence-electron chi connectivity index (χ0n) is 15.9. The Bertz CT molecular complexity index is 1210. The molecule has 0 atom stereocenters. The number of hydrogen-bond acceptors (Lipinski definition) is 6. The summed E-state index contributed by atoms with van der Waals surface area (Å²) in [6.45, 7) is 0.972. The highest BCUT2D eigenvalue weighted by molar-refractivity contribution is 6.31. The molecule has 0 fully saturated rings. The van der Waals surface area contributed by atoms with E-state index < -0.39 is 5.82 Å². The highest BCUT2D eigenvalue weighted by Crippen LogP contribution is 2.34. The molecule has 2 aromatic carbocycles. The third kappa shape index (κ3) is 3.89. The van der Waals surface area contributed by atoms with Crippen LogP contribution in [-0.4, -0.2) is 40.0 Å². The van der Waals surface area contributed by atoms with Crippen LogP contribution in [0.2, 0.25) is 10.0 Å². The number of nitrogen functional groups attached to an aromatic ring is 1. The molecule has 0 aliphatic rings. The quantitative estimate of drug-likeness (QED) is 0.421. The summed E-state index contributed by atoms with van der Waals surface area (Å²) in [7, 11) is 1.60. The van der Waals surface area contributed by atoms with Crippen LogP contribution in [0.3, 0.4) is 0 Å². The van der Waals surface area contributed by atoms with Crippen molar-refractivity contribution in [3.63, 3.8) is 0 Å². The Labute approximate surface area is 181 Å².